The van der Waals surface area contributed by atoms with Crippen molar-refractivity contribution in [1.29, 1.82) is 0 Å². The van der Waals surface area contributed by atoms with Gasteiger partial charge in [0.05, 0.1) is 0 Å². The van der Waals surface area contributed by atoms with Crippen LogP contribution in [0, 0.1) is 0 Å². The maximum absolute atomic E-state index is 10.9. The minimum Gasteiger partial charge on any atom is -0.490 e. The Kier molecular flexibility index (Phi) is 9.11. The number of pyridine rings is 1. The van der Waals surface area contributed by atoms with Gasteiger partial charge in [0, 0.05) is 55.9 Å². The number of anilines is 1. The van der Waals surface area contributed by atoms with Gasteiger partial charge in [-0.25, -0.2) is 0 Å². The molecule has 0 spiro atoms. The van der Waals surface area contributed by atoms with Crippen molar-refractivity contribution in [2.75, 3.05) is 37.7 Å². The van der Waals surface area contributed by atoms with Crippen molar-refractivity contribution in [3.63, 3.8) is 0 Å². The molecule has 3 aromatic rings. The molecule has 2 unspecified atom stereocenters. The maximum Gasteiger partial charge on any atom is 0.126 e. The Balaban J connectivity index is 1.15. The Morgan fingerprint density at radius 1 is 0.947 bits per heavy atom. The molecule has 5 rings (SSSR count). The molecule has 1 aliphatic heterocycles. The summed E-state index contributed by atoms with van der Waals surface area (Å²) >= 11 is 0. The van der Waals surface area contributed by atoms with E-state index < -0.39 is 6.10 Å². The quantitative estimate of drug-likeness (QED) is 0.368. The molecule has 1 saturated heterocycles. The Bertz CT molecular complexity index is 1180. The first-order valence-electron chi connectivity index (χ1n) is 14.2. The fraction of sp³-hybridized carbons (Fsp3) is 0.424. The molecule has 1 aliphatic carbocycles. The summed E-state index contributed by atoms with van der Waals surface area (Å²) in [6.45, 7) is 6.10. The summed E-state index contributed by atoms with van der Waals surface area (Å²) in [6.07, 6.45) is 13.9. The first-order chi connectivity index (χ1) is 18.7. The van der Waals surface area contributed by atoms with Gasteiger partial charge in [0.2, 0.25) is 0 Å². The largest absolute Gasteiger partial charge is 0.490 e. The molecule has 2 aliphatic rings. The van der Waals surface area contributed by atoms with Gasteiger partial charge in [-0.05, 0) is 61.1 Å². The number of benzene rings is 2. The molecule has 5 heteroatoms. The molecular formula is C33H41N3O2. The zero-order valence-electron chi connectivity index (χ0n) is 22.6. The minimum atomic E-state index is -0.546. The minimum absolute atomic E-state index is 0.275. The molecule has 1 saturated carbocycles. The first kappa shape index (κ1) is 26.5. The van der Waals surface area contributed by atoms with Crippen LogP contribution in [0.4, 0.5) is 5.69 Å². The highest BCUT2D eigenvalue weighted by Crippen LogP contribution is 2.38. The number of aliphatic hydroxyl groups is 1. The number of β-amino-alcohol motifs (C(OH)–C–C–N with tert-alkyl or cyclic N) is 1. The van der Waals surface area contributed by atoms with Crippen molar-refractivity contribution < 1.29 is 9.84 Å². The standard InChI is InChI=1S/C33H41N3O2/c1-26-23-36(32-13-7-6-12-31(32)28-9-3-2-4-10-28)22-21-35(26)24-30(37)25-38-33-14-8-5-11-29(33)16-15-27-17-19-34-20-18-27/h5-8,11-20,26,28,30,37H,2-4,9-10,21-25H2,1H3/b16-15+. The summed E-state index contributed by atoms with van der Waals surface area (Å²) < 4.78 is 6.09. The van der Waals surface area contributed by atoms with Gasteiger partial charge in [0.1, 0.15) is 18.5 Å². The molecule has 0 amide bonds. The van der Waals surface area contributed by atoms with Crippen LogP contribution in [0.25, 0.3) is 12.2 Å². The van der Waals surface area contributed by atoms with E-state index in [1.165, 1.54) is 43.4 Å². The SMILES string of the molecule is CC1CN(c2ccccc2C2CCCCC2)CCN1CC(O)COc1ccccc1/C=C/c1ccncc1. The molecular weight excluding hydrogens is 470 g/mol. The number of hydrogen-bond donors (Lipinski definition) is 1. The van der Waals surface area contributed by atoms with E-state index in [1.54, 1.807) is 12.4 Å². The van der Waals surface area contributed by atoms with E-state index in [1.807, 2.05) is 48.6 Å². The molecule has 0 bridgehead atoms. The molecule has 2 aromatic carbocycles. The van der Waals surface area contributed by atoms with E-state index >= 15 is 0 Å². The summed E-state index contributed by atoms with van der Waals surface area (Å²) in [7, 11) is 0. The van der Waals surface area contributed by atoms with E-state index in [0.29, 0.717) is 18.5 Å². The van der Waals surface area contributed by atoms with Crippen molar-refractivity contribution in [2.24, 2.45) is 0 Å². The molecule has 1 aromatic heterocycles. The van der Waals surface area contributed by atoms with E-state index in [0.717, 1.165) is 36.5 Å². The van der Waals surface area contributed by atoms with Crippen LogP contribution in [0.5, 0.6) is 5.75 Å². The van der Waals surface area contributed by atoms with Crippen LogP contribution in [0.15, 0.2) is 73.1 Å². The van der Waals surface area contributed by atoms with E-state index in [-0.39, 0.29) is 6.61 Å². The number of ether oxygens (including phenoxy) is 1. The van der Waals surface area contributed by atoms with Crippen molar-refractivity contribution in [1.82, 2.24) is 9.88 Å². The monoisotopic (exact) mass is 511 g/mol. The van der Waals surface area contributed by atoms with Gasteiger partial charge in [-0.1, -0.05) is 67.8 Å². The highest BCUT2D eigenvalue weighted by Gasteiger charge is 2.28. The average molecular weight is 512 g/mol. The third kappa shape index (κ3) is 6.83. The average Bonchev–Trinajstić information content (AvgIpc) is 2.97. The number of hydrogen-bond acceptors (Lipinski definition) is 5. The fourth-order valence-corrected chi connectivity index (χ4v) is 5.94. The second-order valence-electron chi connectivity index (χ2n) is 10.8. The van der Waals surface area contributed by atoms with E-state index in [2.05, 4.69) is 46.0 Å². The normalized spacial score (nSPS) is 20.1. The van der Waals surface area contributed by atoms with Gasteiger partial charge in [-0.2, -0.15) is 0 Å². The van der Waals surface area contributed by atoms with Gasteiger partial charge in [0.25, 0.3) is 0 Å². The Morgan fingerprint density at radius 2 is 1.71 bits per heavy atom. The van der Waals surface area contributed by atoms with Crippen LogP contribution in [0.2, 0.25) is 0 Å². The number of nitrogens with zero attached hydrogens (tertiary/aromatic N) is 3. The lowest BCUT2D eigenvalue weighted by atomic mass is 9.83. The molecule has 1 N–H and O–H groups in total. The third-order valence-corrected chi connectivity index (χ3v) is 8.04. The van der Waals surface area contributed by atoms with Gasteiger partial charge in [0.15, 0.2) is 0 Å². The van der Waals surface area contributed by atoms with Gasteiger partial charge < -0.3 is 14.7 Å². The third-order valence-electron chi connectivity index (χ3n) is 8.04. The molecule has 2 atom stereocenters. The summed E-state index contributed by atoms with van der Waals surface area (Å²) in [5.74, 6) is 1.49. The van der Waals surface area contributed by atoms with E-state index in [9.17, 15) is 5.11 Å². The lowest BCUT2D eigenvalue weighted by molar-refractivity contribution is 0.0511. The Labute approximate surface area is 227 Å². The molecule has 38 heavy (non-hydrogen) atoms. The van der Waals surface area contributed by atoms with Gasteiger partial charge in [-0.3, -0.25) is 9.88 Å². The second-order valence-corrected chi connectivity index (χ2v) is 10.8. The lowest BCUT2D eigenvalue weighted by Gasteiger charge is -2.43. The van der Waals surface area contributed by atoms with Crippen LogP contribution in [-0.4, -0.2) is 59.9 Å². The summed E-state index contributed by atoms with van der Waals surface area (Å²) in [5.41, 5.74) is 5.04. The zero-order chi connectivity index (χ0) is 26.2. The summed E-state index contributed by atoms with van der Waals surface area (Å²) in [4.78, 5) is 9.04. The van der Waals surface area contributed by atoms with E-state index in [4.69, 9.17) is 4.74 Å². The number of para-hydroxylation sites is 2. The van der Waals surface area contributed by atoms with Gasteiger partial charge >= 0.3 is 0 Å². The molecule has 200 valence electrons. The van der Waals surface area contributed by atoms with Crippen LogP contribution >= 0.6 is 0 Å². The van der Waals surface area contributed by atoms with Crippen molar-refractivity contribution >= 4 is 17.8 Å². The molecule has 0 radical (unpaired) electrons. The number of rotatable bonds is 9. The fourth-order valence-electron chi connectivity index (χ4n) is 5.94. The van der Waals surface area contributed by atoms with Crippen molar-refractivity contribution in [3.8, 4) is 5.75 Å². The smallest absolute Gasteiger partial charge is 0.126 e. The van der Waals surface area contributed by atoms with Crippen LogP contribution < -0.4 is 9.64 Å². The molecule has 2 fully saturated rings. The Hall–Kier alpha value is -3.15. The van der Waals surface area contributed by atoms with Crippen LogP contribution in [0.1, 0.15) is 61.6 Å². The predicted octanol–water partition coefficient (Wildman–Crippen LogP) is 6.25. The van der Waals surface area contributed by atoms with Crippen LogP contribution in [-0.2, 0) is 0 Å². The Morgan fingerprint density at radius 3 is 2.53 bits per heavy atom. The van der Waals surface area contributed by atoms with Gasteiger partial charge in [-0.15, -0.1) is 0 Å². The summed E-state index contributed by atoms with van der Waals surface area (Å²) in [6, 6.07) is 21.3. The highest BCUT2D eigenvalue weighted by molar-refractivity contribution is 5.72. The highest BCUT2D eigenvalue weighted by atomic mass is 16.5. The zero-order valence-corrected chi connectivity index (χ0v) is 22.6. The lowest BCUT2D eigenvalue weighted by Crippen LogP contribution is -2.54. The predicted molar refractivity (Wildman–Crippen MR) is 157 cm³/mol. The number of aliphatic hydroxyl groups excluding tert-OH is 1. The topological polar surface area (TPSA) is 48.8 Å². The van der Waals surface area contributed by atoms with Crippen molar-refractivity contribution in [2.45, 2.75) is 57.1 Å². The van der Waals surface area contributed by atoms with Crippen LogP contribution in [0.3, 0.4) is 0 Å². The van der Waals surface area contributed by atoms with Crippen molar-refractivity contribution in [3.05, 3.63) is 89.7 Å². The number of aromatic nitrogens is 1. The number of piperazine rings is 1. The first-order valence-corrected chi connectivity index (χ1v) is 14.2. The second kappa shape index (κ2) is 13.1. The molecule has 2 heterocycles. The maximum atomic E-state index is 10.9. The summed E-state index contributed by atoms with van der Waals surface area (Å²) in [5, 5.41) is 10.9. The molecule has 5 nitrogen and oxygen atoms in total.